The molecule has 7 nitrogen and oxygen atoms in total. The van der Waals surface area contributed by atoms with Gasteiger partial charge in [-0.25, -0.2) is 4.79 Å². The third-order valence-corrected chi connectivity index (χ3v) is 5.07. The molecule has 2 aromatic rings. The number of halogens is 1. The Labute approximate surface area is 166 Å². The van der Waals surface area contributed by atoms with Crippen molar-refractivity contribution in [2.45, 2.75) is 18.9 Å². The Bertz CT molecular complexity index is 945. The van der Waals surface area contributed by atoms with Crippen LogP contribution in [0.15, 0.2) is 42.5 Å². The van der Waals surface area contributed by atoms with Crippen LogP contribution in [0.4, 0.5) is 17.1 Å². The van der Waals surface area contributed by atoms with Crippen molar-refractivity contribution in [1.82, 2.24) is 0 Å². The Kier molecular flexibility index (Phi) is 4.92. The molecular weight excluding hydrogens is 382 g/mol. The van der Waals surface area contributed by atoms with Gasteiger partial charge in [-0.15, -0.1) is 0 Å². The van der Waals surface area contributed by atoms with Gasteiger partial charge in [0.1, 0.15) is 6.04 Å². The Balaban J connectivity index is 1.39. The van der Waals surface area contributed by atoms with Gasteiger partial charge in [-0.2, -0.15) is 0 Å². The lowest BCUT2D eigenvalue weighted by Crippen LogP contribution is -2.43. The summed E-state index contributed by atoms with van der Waals surface area (Å²) in [5, 5.41) is 6.03. The zero-order valence-corrected chi connectivity index (χ0v) is 15.7. The minimum Gasteiger partial charge on any atom is -0.452 e. The average Bonchev–Trinajstić information content (AvgIpc) is 3.18. The van der Waals surface area contributed by atoms with Crippen molar-refractivity contribution in [3.05, 3.63) is 53.1 Å². The zero-order valence-electron chi connectivity index (χ0n) is 14.9. The molecule has 0 unspecified atom stereocenters. The van der Waals surface area contributed by atoms with Crippen molar-refractivity contribution >= 4 is 46.4 Å². The number of rotatable bonds is 4. The zero-order chi connectivity index (χ0) is 19.7. The fourth-order valence-corrected chi connectivity index (χ4v) is 3.63. The number of carbonyl (C=O) groups excluding carboxylic acids is 3. The van der Waals surface area contributed by atoms with Gasteiger partial charge in [0.25, 0.3) is 5.91 Å². The first-order valence-electron chi connectivity index (χ1n) is 8.95. The van der Waals surface area contributed by atoms with Crippen molar-refractivity contribution in [3.63, 3.8) is 0 Å². The molecule has 2 heterocycles. The number of hydrogen-bond donors (Lipinski definition) is 2. The highest BCUT2D eigenvalue weighted by molar-refractivity contribution is 6.30. The topological polar surface area (TPSA) is 87.7 Å². The highest BCUT2D eigenvalue weighted by atomic mass is 35.5. The lowest BCUT2D eigenvalue weighted by molar-refractivity contribution is -0.119. The van der Waals surface area contributed by atoms with Crippen LogP contribution in [0.25, 0.3) is 0 Å². The summed E-state index contributed by atoms with van der Waals surface area (Å²) in [4.78, 5) is 38.5. The molecule has 8 heteroatoms. The van der Waals surface area contributed by atoms with E-state index in [0.717, 1.165) is 25.1 Å². The molecule has 2 N–H and O–H groups in total. The van der Waals surface area contributed by atoms with E-state index in [2.05, 4.69) is 15.5 Å². The number of amides is 2. The fraction of sp³-hybridized carbons (Fsp3) is 0.250. The lowest BCUT2D eigenvalue weighted by Gasteiger charge is -2.33. The molecule has 0 bridgehead atoms. The summed E-state index contributed by atoms with van der Waals surface area (Å²) < 4.78 is 5.09. The highest BCUT2D eigenvalue weighted by Crippen LogP contribution is 2.37. The SMILES string of the molecule is O=C(COC(=O)c1ccc2c(c1)NC(=O)[C@H]1CCCN21)Nc1ccc(Cl)cc1. The number of nitrogens with zero attached hydrogens (tertiary/aromatic N) is 1. The second-order valence-corrected chi connectivity index (χ2v) is 7.14. The van der Waals surface area contributed by atoms with E-state index in [0.29, 0.717) is 16.4 Å². The standard InChI is InChI=1S/C20H18ClN3O4/c21-13-4-6-14(7-5-13)22-18(25)11-28-20(27)12-3-8-16-15(10-12)23-19(26)17-2-1-9-24(16)17/h3-8,10,17H,1-2,9,11H2,(H,22,25)(H,23,26)/t17-/m1/s1. The van der Waals surface area contributed by atoms with Crippen LogP contribution >= 0.6 is 11.6 Å². The van der Waals surface area contributed by atoms with Crippen molar-refractivity contribution < 1.29 is 19.1 Å². The largest absolute Gasteiger partial charge is 0.452 e. The number of anilines is 3. The number of ether oxygens (including phenoxy) is 1. The molecule has 1 fully saturated rings. The van der Waals surface area contributed by atoms with Gasteiger partial charge in [-0.05, 0) is 55.3 Å². The summed E-state index contributed by atoms with van der Waals surface area (Å²) in [5.41, 5.74) is 2.32. The van der Waals surface area contributed by atoms with E-state index in [1.807, 2.05) is 0 Å². The fourth-order valence-electron chi connectivity index (χ4n) is 3.50. The molecule has 0 radical (unpaired) electrons. The summed E-state index contributed by atoms with van der Waals surface area (Å²) in [6.45, 7) is 0.402. The van der Waals surface area contributed by atoms with Crippen LogP contribution < -0.4 is 15.5 Å². The average molecular weight is 400 g/mol. The van der Waals surface area contributed by atoms with E-state index in [-0.39, 0.29) is 17.5 Å². The van der Waals surface area contributed by atoms with Gasteiger partial charge in [0, 0.05) is 17.3 Å². The number of nitrogens with one attached hydrogen (secondary N) is 2. The van der Waals surface area contributed by atoms with Crippen LogP contribution in [0, 0.1) is 0 Å². The predicted molar refractivity (Wildman–Crippen MR) is 106 cm³/mol. The van der Waals surface area contributed by atoms with Gasteiger partial charge in [0.15, 0.2) is 6.61 Å². The van der Waals surface area contributed by atoms with Crippen LogP contribution in [-0.2, 0) is 14.3 Å². The van der Waals surface area contributed by atoms with E-state index in [4.69, 9.17) is 16.3 Å². The summed E-state index contributed by atoms with van der Waals surface area (Å²) in [6, 6.07) is 11.5. The van der Waals surface area contributed by atoms with E-state index in [9.17, 15) is 14.4 Å². The van der Waals surface area contributed by atoms with E-state index >= 15 is 0 Å². The van der Waals surface area contributed by atoms with Crippen LogP contribution in [0.2, 0.25) is 5.02 Å². The highest BCUT2D eigenvalue weighted by Gasteiger charge is 2.36. The minimum atomic E-state index is -0.633. The van der Waals surface area contributed by atoms with Crippen molar-refractivity contribution in [2.24, 2.45) is 0 Å². The molecule has 144 valence electrons. The van der Waals surface area contributed by atoms with Gasteiger partial charge < -0.3 is 20.3 Å². The second-order valence-electron chi connectivity index (χ2n) is 6.70. The molecule has 2 aliphatic rings. The Morgan fingerprint density at radius 1 is 1.21 bits per heavy atom. The summed E-state index contributed by atoms with van der Waals surface area (Å²) >= 11 is 5.80. The molecule has 2 aromatic carbocycles. The summed E-state index contributed by atoms with van der Waals surface area (Å²) in [5.74, 6) is -1.15. The molecule has 28 heavy (non-hydrogen) atoms. The molecule has 1 atom stereocenters. The number of carbonyl (C=O) groups is 3. The normalized spacial score (nSPS) is 17.4. The number of hydrogen-bond acceptors (Lipinski definition) is 5. The molecule has 1 saturated heterocycles. The molecule has 2 amide bonds. The van der Waals surface area contributed by atoms with Crippen LogP contribution in [0.5, 0.6) is 0 Å². The summed E-state index contributed by atoms with van der Waals surface area (Å²) in [6.07, 6.45) is 1.79. The molecule has 0 aromatic heterocycles. The Morgan fingerprint density at radius 2 is 2.00 bits per heavy atom. The van der Waals surface area contributed by atoms with E-state index in [1.54, 1.807) is 42.5 Å². The Hall–Kier alpha value is -3.06. The van der Waals surface area contributed by atoms with E-state index in [1.165, 1.54) is 0 Å². The van der Waals surface area contributed by atoms with Gasteiger partial charge in [-0.1, -0.05) is 11.6 Å². The van der Waals surface area contributed by atoms with Crippen molar-refractivity contribution in [1.29, 1.82) is 0 Å². The van der Waals surface area contributed by atoms with Gasteiger partial charge in [-0.3, -0.25) is 9.59 Å². The quantitative estimate of drug-likeness (QED) is 0.771. The second kappa shape index (κ2) is 7.52. The molecular formula is C20H18ClN3O4. The smallest absolute Gasteiger partial charge is 0.338 e. The van der Waals surface area contributed by atoms with E-state index < -0.39 is 18.5 Å². The van der Waals surface area contributed by atoms with Gasteiger partial charge >= 0.3 is 5.97 Å². The maximum atomic E-state index is 12.3. The third-order valence-electron chi connectivity index (χ3n) is 4.82. The van der Waals surface area contributed by atoms with Crippen LogP contribution in [-0.4, -0.2) is 37.0 Å². The van der Waals surface area contributed by atoms with Crippen molar-refractivity contribution in [2.75, 3.05) is 28.7 Å². The van der Waals surface area contributed by atoms with Crippen LogP contribution in [0.1, 0.15) is 23.2 Å². The van der Waals surface area contributed by atoms with Crippen molar-refractivity contribution in [3.8, 4) is 0 Å². The maximum Gasteiger partial charge on any atom is 0.338 e. The number of fused-ring (bicyclic) bond motifs is 3. The predicted octanol–water partition coefficient (Wildman–Crippen LogP) is 3.06. The first kappa shape index (κ1) is 18.3. The Morgan fingerprint density at radius 3 is 2.79 bits per heavy atom. The van der Waals surface area contributed by atoms with Gasteiger partial charge in [0.2, 0.25) is 5.91 Å². The molecule has 4 rings (SSSR count). The number of esters is 1. The molecule has 0 aliphatic carbocycles. The summed E-state index contributed by atoms with van der Waals surface area (Å²) in [7, 11) is 0. The van der Waals surface area contributed by atoms with Gasteiger partial charge in [0.05, 0.1) is 16.9 Å². The lowest BCUT2D eigenvalue weighted by atomic mass is 10.1. The molecule has 2 aliphatic heterocycles. The first-order chi connectivity index (χ1) is 13.5. The molecule has 0 saturated carbocycles. The monoisotopic (exact) mass is 399 g/mol. The third kappa shape index (κ3) is 3.66. The maximum absolute atomic E-state index is 12.3. The minimum absolute atomic E-state index is 0.0575. The van der Waals surface area contributed by atoms with Crippen LogP contribution in [0.3, 0.4) is 0 Å². The number of benzene rings is 2. The first-order valence-corrected chi connectivity index (χ1v) is 9.33. The molecule has 0 spiro atoms.